The summed E-state index contributed by atoms with van der Waals surface area (Å²) in [4.78, 5) is 30.4. The van der Waals surface area contributed by atoms with E-state index in [1.807, 2.05) is 29.2 Å². The van der Waals surface area contributed by atoms with Crippen molar-refractivity contribution < 1.29 is 14.3 Å². The molecule has 35 heavy (non-hydrogen) atoms. The first-order valence-corrected chi connectivity index (χ1v) is 12.0. The molecule has 8 nitrogen and oxygen atoms in total. The van der Waals surface area contributed by atoms with Crippen molar-refractivity contribution in [2.75, 3.05) is 38.1 Å². The van der Waals surface area contributed by atoms with Crippen LogP contribution in [0.5, 0.6) is 5.75 Å². The summed E-state index contributed by atoms with van der Waals surface area (Å²) >= 11 is 0. The predicted molar refractivity (Wildman–Crippen MR) is 133 cm³/mol. The van der Waals surface area contributed by atoms with Crippen molar-refractivity contribution in [3.63, 3.8) is 0 Å². The maximum atomic E-state index is 13.0. The second kappa shape index (κ2) is 9.92. The number of anilines is 1. The first-order chi connectivity index (χ1) is 17.0. The first-order valence-electron chi connectivity index (χ1n) is 12.0. The van der Waals surface area contributed by atoms with Crippen LogP contribution in [0.2, 0.25) is 0 Å². The van der Waals surface area contributed by atoms with Crippen LogP contribution in [0.3, 0.4) is 0 Å². The van der Waals surface area contributed by atoms with Gasteiger partial charge >= 0.3 is 6.03 Å². The molecule has 2 aromatic carbocycles. The van der Waals surface area contributed by atoms with E-state index >= 15 is 0 Å². The third-order valence-corrected chi connectivity index (χ3v) is 7.01. The van der Waals surface area contributed by atoms with Gasteiger partial charge in [-0.2, -0.15) is 9.78 Å². The summed E-state index contributed by atoms with van der Waals surface area (Å²) in [5, 5.41) is 4.18. The van der Waals surface area contributed by atoms with Crippen molar-refractivity contribution in [3.05, 3.63) is 78.1 Å². The maximum absolute atomic E-state index is 13.0. The third kappa shape index (κ3) is 5.22. The maximum Gasteiger partial charge on any atom is 0.344 e. The Bertz CT molecular complexity index is 1180. The van der Waals surface area contributed by atoms with E-state index in [4.69, 9.17) is 4.74 Å². The quantitative estimate of drug-likeness (QED) is 0.548. The van der Waals surface area contributed by atoms with Crippen LogP contribution in [-0.4, -0.2) is 64.7 Å². The van der Waals surface area contributed by atoms with Gasteiger partial charge in [-0.05, 0) is 35.1 Å². The molecule has 2 aliphatic rings. The first kappa shape index (κ1) is 23.1. The molecule has 2 fully saturated rings. The highest BCUT2D eigenvalue weighted by molar-refractivity contribution is 5.91. The summed E-state index contributed by atoms with van der Waals surface area (Å²) in [6, 6.07) is 18.4. The Balaban J connectivity index is 1.13. The van der Waals surface area contributed by atoms with Crippen LogP contribution in [0.25, 0.3) is 0 Å². The normalized spacial score (nSPS) is 19.5. The van der Waals surface area contributed by atoms with Crippen LogP contribution >= 0.6 is 0 Å². The average Bonchev–Trinajstić information content (AvgIpc) is 3.58. The molecule has 0 N–H and O–H groups in total. The van der Waals surface area contributed by atoms with Gasteiger partial charge in [0.2, 0.25) is 5.91 Å². The van der Waals surface area contributed by atoms with Gasteiger partial charge in [-0.15, -0.1) is 0 Å². The number of amides is 2. The number of aromatic nitrogens is 2. The smallest absolute Gasteiger partial charge is 0.344 e. The highest BCUT2D eigenvalue weighted by Crippen LogP contribution is 2.32. The van der Waals surface area contributed by atoms with E-state index in [0.29, 0.717) is 24.1 Å². The van der Waals surface area contributed by atoms with Crippen molar-refractivity contribution in [3.8, 4) is 5.75 Å². The van der Waals surface area contributed by atoms with E-state index in [1.165, 1.54) is 22.1 Å². The largest absolute Gasteiger partial charge is 0.489 e. The van der Waals surface area contributed by atoms with Crippen molar-refractivity contribution in [2.24, 2.45) is 11.8 Å². The van der Waals surface area contributed by atoms with E-state index in [9.17, 15) is 9.59 Å². The predicted octanol–water partition coefficient (Wildman–Crippen LogP) is 3.48. The van der Waals surface area contributed by atoms with Gasteiger partial charge in [-0.3, -0.25) is 9.69 Å². The van der Waals surface area contributed by atoms with Crippen molar-refractivity contribution in [1.29, 1.82) is 0 Å². The summed E-state index contributed by atoms with van der Waals surface area (Å²) in [5.41, 5.74) is 3.01. The van der Waals surface area contributed by atoms with Gasteiger partial charge in [0.15, 0.2) is 0 Å². The molecule has 2 amide bonds. The van der Waals surface area contributed by atoms with Crippen LogP contribution in [-0.2, 0) is 17.9 Å². The summed E-state index contributed by atoms with van der Waals surface area (Å²) in [5.74, 6) is 1.72. The van der Waals surface area contributed by atoms with Gasteiger partial charge in [0.1, 0.15) is 12.4 Å². The number of carbonyl (C=O) groups excluding carboxylic acids is 2. The third-order valence-electron chi connectivity index (χ3n) is 7.01. The fraction of sp³-hybridized carbons (Fsp3) is 0.370. The summed E-state index contributed by atoms with van der Waals surface area (Å²) in [6.45, 7) is 6.34. The molecule has 0 radical (unpaired) electrons. The minimum absolute atomic E-state index is 0.0962. The van der Waals surface area contributed by atoms with Gasteiger partial charge in [0.25, 0.3) is 0 Å². The molecular weight excluding hydrogens is 442 g/mol. The molecule has 8 heteroatoms. The Morgan fingerprint density at radius 3 is 2.43 bits per heavy atom. The molecule has 2 aliphatic heterocycles. The second-order valence-electron chi connectivity index (χ2n) is 9.54. The lowest BCUT2D eigenvalue weighted by molar-refractivity contribution is -0.116. The Labute approximate surface area is 205 Å². The van der Waals surface area contributed by atoms with E-state index < -0.39 is 0 Å². The van der Waals surface area contributed by atoms with E-state index in [-0.39, 0.29) is 11.9 Å². The molecule has 3 aromatic rings. The highest BCUT2D eigenvalue weighted by atomic mass is 16.5. The zero-order valence-corrected chi connectivity index (χ0v) is 20.2. The van der Waals surface area contributed by atoms with Crippen LogP contribution in [0, 0.1) is 11.8 Å². The molecule has 2 unspecified atom stereocenters. The summed E-state index contributed by atoms with van der Waals surface area (Å²) in [7, 11) is 1.67. The standard InChI is InChI=1S/C27H31N5O3/c1-20(33)29(2)25-12-28-32(18-25)27(34)31-16-23-14-30(15-24(23)17-31)13-22-9-6-10-26(11-22)35-19-21-7-4-3-5-8-21/h3-12,18,23-24H,13-17,19H2,1-2H3. The molecule has 3 heterocycles. The van der Waals surface area contributed by atoms with Crippen LogP contribution < -0.4 is 9.64 Å². The highest BCUT2D eigenvalue weighted by Gasteiger charge is 2.42. The Kier molecular flexibility index (Phi) is 6.55. The summed E-state index contributed by atoms with van der Waals surface area (Å²) in [6.07, 6.45) is 3.17. The molecule has 0 bridgehead atoms. The van der Waals surface area contributed by atoms with E-state index in [1.54, 1.807) is 19.4 Å². The second-order valence-corrected chi connectivity index (χ2v) is 9.54. The number of nitrogens with zero attached hydrogens (tertiary/aromatic N) is 5. The molecule has 2 atom stereocenters. The van der Waals surface area contributed by atoms with Gasteiger partial charge in [-0.25, -0.2) is 4.79 Å². The molecule has 0 aliphatic carbocycles. The Morgan fingerprint density at radius 1 is 1.00 bits per heavy atom. The molecule has 2 saturated heterocycles. The molecule has 182 valence electrons. The van der Waals surface area contributed by atoms with Gasteiger partial charge < -0.3 is 14.5 Å². The fourth-order valence-electron chi connectivity index (χ4n) is 5.03. The average molecular weight is 474 g/mol. The summed E-state index contributed by atoms with van der Waals surface area (Å²) < 4.78 is 7.33. The zero-order valence-electron chi connectivity index (χ0n) is 20.2. The van der Waals surface area contributed by atoms with E-state index in [2.05, 4.69) is 40.3 Å². The number of fused-ring (bicyclic) bond motifs is 1. The number of rotatable bonds is 6. The van der Waals surface area contributed by atoms with Gasteiger partial charge in [-0.1, -0.05) is 42.5 Å². The minimum atomic E-state index is -0.127. The van der Waals surface area contributed by atoms with Crippen LogP contribution in [0.15, 0.2) is 67.0 Å². The Hall–Kier alpha value is -3.65. The molecule has 5 rings (SSSR count). The number of likely N-dealkylation sites (tertiary alicyclic amines) is 2. The lowest BCUT2D eigenvalue weighted by Crippen LogP contribution is -2.36. The molecule has 0 saturated carbocycles. The van der Waals surface area contributed by atoms with Gasteiger partial charge in [0.05, 0.1) is 18.1 Å². The van der Waals surface area contributed by atoms with E-state index in [0.717, 1.165) is 44.0 Å². The monoisotopic (exact) mass is 473 g/mol. The lowest BCUT2D eigenvalue weighted by atomic mass is 10.0. The Morgan fingerprint density at radius 2 is 1.71 bits per heavy atom. The number of hydrogen-bond donors (Lipinski definition) is 0. The number of hydrogen-bond acceptors (Lipinski definition) is 5. The van der Waals surface area contributed by atoms with Crippen molar-refractivity contribution in [1.82, 2.24) is 19.6 Å². The van der Waals surface area contributed by atoms with Gasteiger partial charge in [0, 0.05) is 46.7 Å². The van der Waals surface area contributed by atoms with Crippen LogP contribution in [0.1, 0.15) is 18.1 Å². The molecule has 0 spiro atoms. The van der Waals surface area contributed by atoms with Crippen LogP contribution in [0.4, 0.5) is 10.5 Å². The zero-order chi connectivity index (χ0) is 24.4. The number of carbonyl (C=O) groups is 2. The lowest BCUT2D eigenvalue weighted by Gasteiger charge is -2.21. The topological polar surface area (TPSA) is 70.9 Å². The molecular formula is C27H31N5O3. The van der Waals surface area contributed by atoms with Crippen molar-refractivity contribution in [2.45, 2.75) is 20.1 Å². The minimum Gasteiger partial charge on any atom is -0.489 e. The molecule has 1 aromatic heterocycles. The van der Waals surface area contributed by atoms with Crippen molar-refractivity contribution >= 4 is 17.6 Å². The SMILES string of the molecule is CC(=O)N(C)c1cnn(C(=O)N2CC3CN(Cc4cccc(OCc5ccccc5)c4)CC3C2)c1. The number of benzene rings is 2. The number of ether oxygens (including phenoxy) is 1. The fourth-order valence-corrected chi connectivity index (χ4v) is 5.03.